The summed E-state index contributed by atoms with van der Waals surface area (Å²) in [6.07, 6.45) is -4.98. The van der Waals surface area contributed by atoms with Crippen molar-refractivity contribution in [3.05, 3.63) is 23.8 Å². The van der Waals surface area contributed by atoms with Gasteiger partial charge in [0.15, 0.2) is 0 Å². The van der Waals surface area contributed by atoms with Gasteiger partial charge in [-0.15, -0.1) is 0 Å². The second-order valence-electron chi connectivity index (χ2n) is 7.73. The average Bonchev–Trinajstić information content (AvgIpc) is 2.56. The van der Waals surface area contributed by atoms with Crippen LogP contribution in [-0.2, 0) is 15.7 Å². The van der Waals surface area contributed by atoms with Gasteiger partial charge < -0.3 is 19.4 Å². The summed E-state index contributed by atoms with van der Waals surface area (Å²) in [5.41, 5.74) is -0.676. The van der Waals surface area contributed by atoms with Gasteiger partial charge in [0.05, 0.1) is 23.5 Å². The monoisotopic (exact) mass is 385 g/mol. The van der Waals surface area contributed by atoms with Crippen LogP contribution >= 0.6 is 0 Å². The van der Waals surface area contributed by atoms with Crippen LogP contribution in [0.3, 0.4) is 0 Å². The topological polar surface area (TPSA) is 53.1 Å². The summed E-state index contributed by atoms with van der Waals surface area (Å²) in [6, 6.07) is 2.74. The number of carbonyl (C=O) groups excluding carboxylic acids is 2. The molecule has 148 valence electrons. The number of anilines is 2. The van der Waals surface area contributed by atoms with Crippen LogP contribution in [0.25, 0.3) is 0 Å². The lowest BCUT2D eigenvalue weighted by molar-refractivity contribution is -0.137. The summed E-state index contributed by atoms with van der Waals surface area (Å²) in [6.45, 7) is 6.06. The quantitative estimate of drug-likeness (QED) is 0.689. The Bertz CT molecular complexity index is 773. The molecular formula is C18H22F3N3O3. The van der Waals surface area contributed by atoms with E-state index in [2.05, 4.69) is 0 Å². The molecule has 1 aromatic rings. The zero-order chi connectivity index (χ0) is 20.1. The lowest BCUT2D eigenvalue weighted by Crippen LogP contribution is -2.63. The minimum Gasteiger partial charge on any atom is -0.444 e. The summed E-state index contributed by atoms with van der Waals surface area (Å²) in [7, 11) is 1.45. The number of carbonyl (C=O) groups is 2. The van der Waals surface area contributed by atoms with Gasteiger partial charge in [-0.05, 0) is 39.0 Å². The molecule has 27 heavy (non-hydrogen) atoms. The molecule has 0 unspecified atom stereocenters. The first-order valence-electron chi connectivity index (χ1n) is 8.62. The van der Waals surface area contributed by atoms with E-state index in [1.807, 2.05) is 0 Å². The molecule has 1 saturated heterocycles. The zero-order valence-electron chi connectivity index (χ0n) is 15.6. The van der Waals surface area contributed by atoms with Crippen LogP contribution in [0.1, 0.15) is 26.3 Å². The van der Waals surface area contributed by atoms with E-state index in [9.17, 15) is 22.8 Å². The Morgan fingerprint density at radius 1 is 1.15 bits per heavy atom. The molecular weight excluding hydrogens is 363 g/mol. The van der Waals surface area contributed by atoms with Crippen molar-refractivity contribution >= 4 is 23.4 Å². The molecule has 1 aromatic carbocycles. The van der Waals surface area contributed by atoms with Crippen molar-refractivity contribution < 1.29 is 27.5 Å². The molecule has 2 amide bonds. The van der Waals surface area contributed by atoms with Crippen LogP contribution < -0.4 is 9.80 Å². The maximum absolute atomic E-state index is 13.0. The number of alkyl halides is 3. The Hall–Kier alpha value is -2.45. The Morgan fingerprint density at radius 2 is 1.81 bits per heavy atom. The summed E-state index contributed by atoms with van der Waals surface area (Å²) in [5.74, 6) is -0.352. The fraction of sp³-hybridized carbons (Fsp3) is 0.556. The molecule has 6 nitrogen and oxygen atoms in total. The number of rotatable bonds is 0. The molecule has 0 N–H and O–H groups in total. The highest BCUT2D eigenvalue weighted by Crippen LogP contribution is 2.41. The van der Waals surface area contributed by atoms with Crippen LogP contribution in [0, 0.1) is 0 Å². The van der Waals surface area contributed by atoms with Gasteiger partial charge >= 0.3 is 12.3 Å². The first kappa shape index (κ1) is 19.3. The Morgan fingerprint density at radius 3 is 2.41 bits per heavy atom. The van der Waals surface area contributed by atoms with Gasteiger partial charge in [-0.1, -0.05) is 0 Å². The second-order valence-corrected chi connectivity index (χ2v) is 7.73. The number of fused-ring (bicyclic) bond motifs is 3. The van der Waals surface area contributed by atoms with Crippen LogP contribution in [-0.4, -0.2) is 55.2 Å². The molecule has 0 bridgehead atoms. The number of ether oxygens (including phenoxy) is 1. The molecule has 0 aliphatic carbocycles. The van der Waals surface area contributed by atoms with Gasteiger partial charge in [0, 0.05) is 20.1 Å². The molecule has 2 heterocycles. The maximum atomic E-state index is 13.0. The van der Waals surface area contributed by atoms with Crippen molar-refractivity contribution in [1.29, 1.82) is 0 Å². The van der Waals surface area contributed by atoms with Gasteiger partial charge in [-0.2, -0.15) is 13.2 Å². The fourth-order valence-electron chi connectivity index (χ4n) is 3.33. The third-order valence-corrected chi connectivity index (χ3v) is 4.62. The lowest BCUT2D eigenvalue weighted by atomic mass is 10.0. The van der Waals surface area contributed by atoms with Crippen molar-refractivity contribution in [3.63, 3.8) is 0 Å². The predicted molar refractivity (Wildman–Crippen MR) is 93.8 cm³/mol. The van der Waals surface area contributed by atoms with E-state index in [-0.39, 0.29) is 18.1 Å². The highest BCUT2D eigenvalue weighted by molar-refractivity contribution is 6.05. The van der Waals surface area contributed by atoms with Gasteiger partial charge in [-0.3, -0.25) is 4.79 Å². The van der Waals surface area contributed by atoms with Gasteiger partial charge in [-0.25, -0.2) is 4.79 Å². The smallest absolute Gasteiger partial charge is 0.416 e. The molecule has 9 heteroatoms. The molecule has 0 saturated carbocycles. The first-order valence-corrected chi connectivity index (χ1v) is 8.62. The van der Waals surface area contributed by atoms with E-state index < -0.39 is 29.5 Å². The number of hydrogen-bond acceptors (Lipinski definition) is 4. The van der Waals surface area contributed by atoms with E-state index in [1.165, 1.54) is 22.9 Å². The lowest BCUT2D eigenvalue weighted by Gasteiger charge is -2.47. The SMILES string of the molecule is CN1C(=O)[C@@H]2CN(C(=O)OC(C)(C)C)CCN2c2ccc(C(F)(F)F)cc21. The van der Waals surface area contributed by atoms with Gasteiger partial charge in [0.2, 0.25) is 0 Å². The average molecular weight is 385 g/mol. The molecule has 0 spiro atoms. The van der Waals surface area contributed by atoms with Gasteiger partial charge in [0.25, 0.3) is 5.91 Å². The molecule has 1 fully saturated rings. The van der Waals surface area contributed by atoms with Gasteiger partial charge in [0.1, 0.15) is 11.6 Å². The summed E-state index contributed by atoms with van der Waals surface area (Å²) >= 11 is 0. The molecule has 0 aromatic heterocycles. The molecule has 3 rings (SSSR count). The van der Waals surface area contributed by atoms with Crippen molar-refractivity contribution in [2.24, 2.45) is 0 Å². The number of halogens is 3. The van der Waals surface area contributed by atoms with Crippen LogP contribution in [0.4, 0.5) is 29.3 Å². The predicted octanol–water partition coefficient (Wildman–Crippen LogP) is 3.11. The van der Waals surface area contributed by atoms with E-state index in [0.29, 0.717) is 18.8 Å². The second kappa shape index (κ2) is 6.31. The molecule has 2 aliphatic heterocycles. The third-order valence-electron chi connectivity index (χ3n) is 4.62. The van der Waals surface area contributed by atoms with Crippen molar-refractivity contribution in [1.82, 2.24) is 4.90 Å². The fourth-order valence-corrected chi connectivity index (χ4v) is 3.33. The molecule has 0 radical (unpaired) electrons. The highest BCUT2D eigenvalue weighted by atomic mass is 19.4. The first-order chi connectivity index (χ1) is 12.4. The Labute approximate surface area is 155 Å². The third kappa shape index (κ3) is 3.68. The number of hydrogen-bond donors (Lipinski definition) is 0. The van der Waals surface area contributed by atoms with E-state index in [4.69, 9.17) is 4.74 Å². The Kier molecular flexibility index (Phi) is 4.52. The zero-order valence-corrected chi connectivity index (χ0v) is 15.6. The van der Waals surface area contributed by atoms with Crippen molar-refractivity contribution in [2.45, 2.75) is 38.6 Å². The van der Waals surface area contributed by atoms with Crippen LogP contribution in [0.2, 0.25) is 0 Å². The minimum atomic E-state index is -4.48. The summed E-state index contributed by atoms with van der Waals surface area (Å²) in [5, 5.41) is 0. The standard InChI is InChI=1S/C18H22F3N3O3/c1-17(2,3)27-16(26)23-7-8-24-12-6-5-11(18(19,20)21)9-13(12)22(4)15(25)14(24)10-23/h5-6,9,14H,7-8,10H2,1-4H3/t14-/m0/s1. The van der Waals surface area contributed by atoms with Crippen LogP contribution in [0.5, 0.6) is 0 Å². The number of amides is 2. The molecule has 2 aliphatic rings. The number of benzene rings is 1. The number of piperazine rings is 1. The van der Waals surface area contributed by atoms with Crippen molar-refractivity contribution in [3.8, 4) is 0 Å². The molecule has 1 atom stereocenters. The normalized spacial score (nSPS) is 20.3. The van der Waals surface area contributed by atoms with Crippen LogP contribution in [0.15, 0.2) is 18.2 Å². The summed E-state index contributed by atoms with van der Waals surface area (Å²) < 4.78 is 44.4. The van der Waals surface area contributed by atoms with E-state index >= 15 is 0 Å². The number of nitrogens with zero attached hydrogens (tertiary/aromatic N) is 3. The van der Waals surface area contributed by atoms with Crippen molar-refractivity contribution in [2.75, 3.05) is 36.5 Å². The minimum absolute atomic E-state index is 0.124. The Balaban J connectivity index is 1.87. The maximum Gasteiger partial charge on any atom is 0.416 e. The summed E-state index contributed by atoms with van der Waals surface area (Å²) in [4.78, 5) is 29.5. The van der Waals surface area contributed by atoms with E-state index in [1.54, 1.807) is 25.7 Å². The van der Waals surface area contributed by atoms with E-state index in [0.717, 1.165) is 12.1 Å². The highest BCUT2D eigenvalue weighted by Gasteiger charge is 2.43. The largest absolute Gasteiger partial charge is 0.444 e. The number of likely N-dealkylation sites (N-methyl/N-ethyl adjacent to an activating group) is 1.